The molecule has 0 aliphatic heterocycles. The molecule has 1 N–H and O–H groups in total. The SMILES string of the molecule is CCN(CC)C(=O)c1cccc(NC(=O)c2ccccc2SCc2cccs2)c1. The van der Waals surface area contributed by atoms with Crippen LogP contribution >= 0.6 is 23.1 Å². The minimum Gasteiger partial charge on any atom is -0.339 e. The van der Waals surface area contributed by atoms with Crippen molar-refractivity contribution < 1.29 is 9.59 Å². The van der Waals surface area contributed by atoms with Gasteiger partial charge in [0.2, 0.25) is 0 Å². The normalized spacial score (nSPS) is 10.6. The fourth-order valence-corrected chi connectivity index (χ4v) is 4.77. The van der Waals surface area contributed by atoms with Crippen LogP contribution in [0.15, 0.2) is 70.9 Å². The molecule has 0 saturated heterocycles. The van der Waals surface area contributed by atoms with Gasteiger partial charge in [-0.15, -0.1) is 23.1 Å². The summed E-state index contributed by atoms with van der Waals surface area (Å²) in [5.74, 6) is 0.625. The lowest BCUT2D eigenvalue weighted by Crippen LogP contribution is -2.30. The smallest absolute Gasteiger partial charge is 0.256 e. The Balaban J connectivity index is 1.74. The molecule has 0 saturated carbocycles. The maximum absolute atomic E-state index is 12.9. The van der Waals surface area contributed by atoms with Crippen LogP contribution in [0.1, 0.15) is 39.4 Å². The van der Waals surface area contributed by atoms with Gasteiger partial charge >= 0.3 is 0 Å². The molecule has 3 aromatic rings. The Labute approximate surface area is 179 Å². The van der Waals surface area contributed by atoms with Crippen LogP contribution in [0, 0.1) is 0 Å². The van der Waals surface area contributed by atoms with E-state index in [1.54, 1.807) is 52.3 Å². The van der Waals surface area contributed by atoms with Crippen molar-refractivity contribution in [2.75, 3.05) is 18.4 Å². The van der Waals surface area contributed by atoms with Crippen LogP contribution in [0.5, 0.6) is 0 Å². The number of thiophene rings is 1. The number of hydrogen-bond acceptors (Lipinski definition) is 4. The third kappa shape index (κ3) is 5.49. The molecular formula is C23H24N2O2S2. The summed E-state index contributed by atoms with van der Waals surface area (Å²) >= 11 is 3.36. The summed E-state index contributed by atoms with van der Waals surface area (Å²) in [6, 6.07) is 18.8. The highest BCUT2D eigenvalue weighted by molar-refractivity contribution is 7.98. The van der Waals surface area contributed by atoms with E-state index in [1.165, 1.54) is 4.88 Å². The summed E-state index contributed by atoms with van der Waals surface area (Å²) in [7, 11) is 0. The molecule has 150 valence electrons. The molecule has 1 aromatic heterocycles. The molecule has 4 nitrogen and oxygen atoms in total. The van der Waals surface area contributed by atoms with Crippen molar-refractivity contribution >= 4 is 40.6 Å². The first-order chi connectivity index (χ1) is 14.1. The first-order valence-electron chi connectivity index (χ1n) is 9.57. The van der Waals surface area contributed by atoms with E-state index in [0.717, 1.165) is 10.6 Å². The third-order valence-electron chi connectivity index (χ3n) is 4.50. The lowest BCUT2D eigenvalue weighted by atomic mass is 10.1. The monoisotopic (exact) mass is 424 g/mol. The average molecular weight is 425 g/mol. The Morgan fingerprint density at radius 1 is 1.00 bits per heavy atom. The van der Waals surface area contributed by atoms with Gasteiger partial charge in [-0.05, 0) is 55.6 Å². The summed E-state index contributed by atoms with van der Waals surface area (Å²) in [6.07, 6.45) is 0. The van der Waals surface area contributed by atoms with Crippen LogP contribution in [0.25, 0.3) is 0 Å². The zero-order valence-corrected chi connectivity index (χ0v) is 18.2. The number of anilines is 1. The topological polar surface area (TPSA) is 49.4 Å². The number of carbonyl (C=O) groups is 2. The molecule has 0 aliphatic carbocycles. The molecule has 29 heavy (non-hydrogen) atoms. The first-order valence-corrected chi connectivity index (χ1v) is 11.4. The molecule has 2 amide bonds. The standard InChI is InChI=1S/C23H24N2O2S2/c1-3-25(4-2)23(27)17-9-7-10-18(15-17)24-22(26)20-12-5-6-13-21(20)29-16-19-11-8-14-28-19/h5-15H,3-4,16H2,1-2H3,(H,24,26). The molecule has 0 radical (unpaired) electrons. The summed E-state index contributed by atoms with van der Waals surface area (Å²) in [5.41, 5.74) is 1.83. The van der Waals surface area contributed by atoms with Crippen LogP contribution in [-0.2, 0) is 5.75 Å². The van der Waals surface area contributed by atoms with Crippen LogP contribution < -0.4 is 5.32 Å². The van der Waals surface area contributed by atoms with E-state index in [4.69, 9.17) is 0 Å². The largest absolute Gasteiger partial charge is 0.339 e. The maximum atomic E-state index is 12.9. The fraction of sp³-hybridized carbons (Fsp3) is 0.217. The molecule has 0 fully saturated rings. The Kier molecular flexibility index (Phi) is 7.49. The minimum atomic E-state index is -0.174. The molecule has 0 aliphatic rings. The molecular weight excluding hydrogens is 400 g/mol. The molecule has 3 rings (SSSR count). The van der Waals surface area contributed by atoms with E-state index >= 15 is 0 Å². The number of nitrogens with zero attached hydrogens (tertiary/aromatic N) is 1. The molecule has 0 bridgehead atoms. The highest BCUT2D eigenvalue weighted by atomic mass is 32.2. The number of hydrogen-bond donors (Lipinski definition) is 1. The van der Waals surface area contributed by atoms with Crippen LogP contribution in [-0.4, -0.2) is 29.8 Å². The van der Waals surface area contributed by atoms with Crippen LogP contribution in [0.3, 0.4) is 0 Å². The third-order valence-corrected chi connectivity index (χ3v) is 6.68. The second kappa shape index (κ2) is 10.3. The van der Waals surface area contributed by atoms with E-state index in [9.17, 15) is 9.59 Å². The van der Waals surface area contributed by atoms with E-state index in [0.29, 0.717) is 29.9 Å². The molecule has 0 atom stereocenters. The van der Waals surface area contributed by atoms with Crippen molar-refractivity contribution in [3.05, 3.63) is 82.0 Å². The van der Waals surface area contributed by atoms with Crippen molar-refractivity contribution in [3.8, 4) is 0 Å². The lowest BCUT2D eigenvalue weighted by molar-refractivity contribution is 0.0772. The molecule has 1 heterocycles. The Hall–Kier alpha value is -2.57. The van der Waals surface area contributed by atoms with Crippen molar-refractivity contribution in [2.24, 2.45) is 0 Å². The van der Waals surface area contributed by atoms with Gasteiger partial charge < -0.3 is 10.2 Å². The Bertz CT molecular complexity index is 967. The van der Waals surface area contributed by atoms with Crippen molar-refractivity contribution in [1.29, 1.82) is 0 Å². The molecule has 6 heteroatoms. The van der Waals surface area contributed by atoms with Crippen molar-refractivity contribution in [2.45, 2.75) is 24.5 Å². The summed E-state index contributed by atoms with van der Waals surface area (Å²) < 4.78 is 0. The van der Waals surface area contributed by atoms with Gasteiger partial charge in [-0.2, -0.15) is 0 Å². The van der Waals surface area contributed by atoms with E-state index in [1.807, 2.05) is 44.2 Å². The average Bonchev–Trinajstić information content (AvgIpc) is 3.27. The van der Waals surface area contributed by atoms with Gasteiger partial charge in [-0.25, -0.2) is 0 Å². The van der Waals surface area contributed by atoms with E-state index < -0.39 is 0 Å². The number of benzene rings is 2. The van der Waals surface area contributed by atoms with Crippen LogP contribution in [0.4, 0.5) is 5.69 Å². The first kappa shape index (κ1) is 21.1. The Morgan fingerprint density at radius 2 is 1.79 bits per heavy atom. The predicted octanol–water partition coefficient (Wildman–Crippen LogP) is 5.77. The highest BCUT2D eigenvalue weighted by Crippen LogP contribution is 2.28. The number of rotatable bonds is 8. The quantitative estimate of drug-likeness (QED) is 0.467. The van der Waals surface area contributed by atoms with Gasteiger partial charge in [0.25, 0.3) is 11.8 Å². The van der Waals surface area contributed by atoms with Gasteiger partial charge in [-0.3, -0.25) is 9.59 Å². The van der Waals surface area contributed by atoms with E-state index in [2.05, 4.69) is 16.8 Å². The number of carbonyl (C=O) groups excluding carboxylic acids is 2. The molecule has 0 unspecified atom stereocenters. The zero-order chi connectivity index (χ0) is 20.6. The van der Waals surface area contributed by atoms with Gasteiger partial charge in [0.05, 0.1) is 5.56 Å². The van der Waals surface area contributed by atoms with Gasteiger partial charge in [0.1, 0.15) is 0 Å². The maximum Gasteiger partial charge on any atom is 0.256 e. The Morgan fingerprint density at radius 3 is 2.52 bits per heavy atom. The summed E-state index contributed by atoms with van der Waals surface area (Å²) in [5, 5.41) is 5.00. The fourth-order valence-electron chi connectivity index (χ4n) is 2.95. The van der Waals surface area contributed by atoms with Gasteiger partial charge in [-0.1, -0.05) is 24.3 Å². The number of nitrogens with one attached hydrogen (secondary N) is 1. The van der Waals surface area contributed by atoms with Crippen LogP contribution in [0.2, 0.25) is 0 Å². The predicted molar refractivity (Wildman–Crippen MR) is 122 cm³/mol. The van der Waals surface area contributed by atoms with E-state index in [-0.39, 0.29) is 11.8 Å². The van der Waals surface area contributed by atoms with Crippen molar-refractivity contribution in [3.63, 3.8) is 0 Å². The minimum absolute atomic E-state index is 0.0296. The summed E-state index contributed by atoms with van der Waals surface area (Å²) in [6.45, 7) is 5.22. The zero-order valence-electron chi connectivity index (χ0n) is 16.6. The number of thioether (sulfide) groups is 1. The molecule has 2 aromatic carbocycles. The second-order valence-electron chi connectivity index (χ2n) is 6.38. The second-order valence-corrected chi connectivity index (χ2v) is 8.43. The number of amides is 2. The lowest BCUT2D eigenvalue weighted by Gasteiger charge is -2.19. The van der Waals surface area contributed by atoms with Crippen molar-refractivity contribution in [1.82, 2.24) is 4.90 Å². The van der Waals surface area contributed by atoms with Gasteiger partial charge in [0, 0.05) is 39.9 Å². The summed E-state index contributed by atoms with van der Waals surface area (Å²) in [4.78, 5) is 29.5. The van der Waals surface area contributed by atoms with Gasteiger partial charge in [0.15, 0.2) is 0 Å². The highest BCUT2D eigenvalue weighted by Gasteiger charge is 2.15. The molecule has 0 spiro atoms.